The number of aliphatic hydroxyl groups excluding tert-OH is 1. The van der Waals surface area contributed by atoms with Crippen LogP contribution in [-0.4, -0.2) is 60.6 Å². The van der Waals surface area contributed by atoms with Gasteiger partial charge in [0, 0.05) is 17.2 Å². The molecule has 0 unspecified atom stereocenters. The molecule has 10 heteroatoms. The lowest BCUT2D eigenvalue weighted by molar-refractivity contribution is -0.201. The molecule has 5 N–H and O–H groups in total. The summed E-state index contributed by atoms with van der Waals surface area (Å²) in [6.07, 6.45) is 2.96. The van der Waals surface area contributed by atoms with Crippen LogP contribution in [0.5, 0.6) is 17.2 Å². The molecule has 1 aromatic rings. The Morgan fingerprint density at radius 3 is 2.45 bits per heavy atom. The topological polar surface area (TPSA) is 171 Å². The van der Waals surface area contributed by atoms with Crippen LogP contribution in [-0.2, 0) is 19.1 Å². The van der Waals surface area contributed by atoms with E-state index in [1.807, 2.05) is 0 Å². The molecule has 31 heavy (non-hydrogen) atoms. The van der Waals surface area contributed by atoms with Crippen LogP contribution in [0.3, 0.4) is 0 Å². The van der Waals surface area contributed by atoms with Gasteiger partial charge in [0.25, 0.3) is 0 Å². The molecule has 0 bridgehead atoms. The highest BCUT2D eigenvalue weighted by Gasteiger charge is 2.63. The van der Waals surface area contributed by atoms with E-state index in [2.05, 4.69) is 0 Å². The molecule has 3 rings (SSSR count). The Bertz CT molecular complexity index is 1100. The molecule has 1 aliphatic heterocycles. The highest BCUT2D eigenvalue weighted by Crippen LogP contribution is 2.42. The van der Waals surface area contributed by atoms with E-state index < -0.39 is 57.8 Å². The van der Waals surface area contributed by atoms with E-state index in [1.54, 1.807) is 13.0 Å². The molecule has 0 fully saturated rings. The fraction of sp³-hybridized carbons (Fsp3) is 0.286. The molecular formula is C21H20O10. The zero-order valence-corrected chi connectivity index (χ0v) is 16.7. The van der Waals surface area contributed by atoms with Gasteiger partial charge in [-0.25, -0.2) is 4.79 Å². The van der Waals surface area contributed by atoms with Gasteiger partial charge in [0.2, 0.25) is 29.1 Å². The van der Waals surface area contributed by atoms with Crippen LogP contribution in [0.25, 0.3) is 0 Å². The number of aliphatic hydroxyl groups is 2. The number of rotatable bonds is 3. The van der Waals surface area contributed by atoms with Gasteiger partial charge in [-0.1, -0.05) is 6.08 Å². The molecule has 0 aromatic heterocycles. The fourth-order valence-corrected chi connectivity index (χ4v) is 3.42. The van der Waals surface area contributed by atoms with Crippen LogP contribution >= 0.6 is 0 Å². The average molecular weight is 432 g/mol. The van der Waals surface area contributed by atoms with Crippen molar-refractivity contribution in [2.24, 2.45) is 0 Å². The van der Waals surface area contributed by atoms with Crippen LogP contribution in [0.2, 0.25) is 0 Å². The summed E-state index contributed by atoms with van der Waals surface area (Å²) in [5.41, 5.74) is -6.41. The first-order valence-electron chi connectivity index (χ1n) is 9.08. The van der Waals surface area contributed by atoms with E-state index in [4.69, 9.17) is 9.47 Å². The van der Waals surface area contributed by atoms with Gasteiger partial charge in [-0.05, 0) is 39.0 Å². The molecule has 0 saturated carbocycles. The van der Waals surface area contributed by atoms with Crippen molar-refractivity contribution in [3.63, 3.8) is 0 Å². The van der Waals surface area contributed by atoms with Gasteiger partial charge in [-0.2, -0.15) is 0 Å². The normalized spacial score (nSPS) is 28.0. The smallest absolute Gasteiger partial charge is 0.343 e. The molecule has 0 amide bonds. The monoisotopic (exact) mass is 432 g/mol. The number of hydrogen-bond donors (Lipinski definition) is 5. The summed E-state index contributed by atoms with van der Waals surface area (Å²) in [7, 11) is 0. The van der Waals surface area contributed by atoms with E-state index >= 15 is 0 Å². The first-order chi connectivity index (χ1) is 14.4. The number of ether oxygens (including phenoxy) is 2. The van der Waals surface area contributed by atoms with Crippen LogP contribution in [0.4, 0.5) is 0 Å². The number of esters is 1. The third-order valence-corrected chi connectivity index (χ3v) is 5.21. The minimum absolute atomic E-state index is 0.0900. The molecule has 164 valence electrons. The molecule has 1 aromatic carbocycles. The Labute approximate surface area is 176 Å². The van der Waals surface area contributed by atoms with Crippen LogP contribution < -0.4 is 0 Å². The summed E-state index contributed by atoms with van der Waals surface area (Å²) >= 11 is 0. The quantitative estimate of drug-likeness (QED) is 0.198. The SMILES string of the molecule is C/C=C/C1=CC2=CC(=O)[C@@](C)(OC(=O)c3c(O)cc(O)c(O)c3C)C(=O)[C@@]2(O)[C@@H](O)O1. The third-order valence-electron chi connectivity index (χ3n) is 5.21. The van der Waals surface area contributed by atoms with Gasteiger partial charge >= 0.3 is 5.97 Å². The van der Waals surface area contributed by atoms with Gasteiger partial charge in [0.1, 0.15) is 17.1 Å². The second-order valence-corrected chi connectivity index (χ2v) is 7.26. The zero-order chi connectivity index (χ0) is 23.3. The first-order valence-corrected chi connectivity index (χ1v) is 9.08. The molecule has 1 heterocycles. The van der Waals surface area contributed by atoms with Crippen molar-refractivity contribution in [3.05, 3.63) is 52.8 Å². The molecule has 0 saturated heterocycles. The van der Waals surface area contributed by atoms with Gasteiger partial charge in [-0.15, -0.1) is 0 Å². The summed E-state index contributed by atoms with van der Waals surface area (Å²) in [6.45, 7) is 3.78. The number of ketones is 2. The molecule has 10 nitrogen and oxygen atoms in total. The number of carbonyl (C=O) groups excluding carboxylic acids is 3. The Kier molecular flexibility index (Phi) is 5.16. The highest BCUT2D eigenvalue weighted by molar-refractivity contribution is 6.23. The van der Waals surface area contributed by atoms with Crippen molar-refractivity contribution in [3.8, 4) is 17.2 Å². The number of phenols is 3. The Morgan fingerprint density at radius 2 is 1.84 bits per heavy atom. The number of hydrogen-bond acceptors (Lipinski definition) is 10. The van der Waals surface area contributed by atoms with Crippen LogP contribution in [0, 0.1) is 6.92 Å². The lowest BCUT2D eigenvalue weighted by Crippen LogP contribution is -2.66. The molecule has 2 aliphatic rings. The maximum Gasteiger partial charge on any atom is 0.343 e. The van der Waals surface area contributed by atoms with Crippen molar-refractivity contribution >= 4 is 17.5 Å². The fourth-order valence-electron chi connectivity index (χ4n) is 3.42. The number of fused-ring (bicyclic) bond motifs is 1. The van der Waals surface area contributed by atoms with E-state index in [0.717, 1.165) is 13.0 Å². The third kappa shape index (κ3) is 3.16. The van der Waals surface area contributed by atoms with Gasteiger partial charge < -0.3 is 35.0 Å². The largest absolute Gasteiger partial charge is 0.507 e. The molecular weight excluding hydrogens is 412 g/mol. The number of Topliss-reactive ketones (excluding diaryl/α,β-unsaturated/α-hetero) is 1. The van der Waals surface area contributed by atoms with E-state index in [1.165, 1.54) is 19.1 Å². The van der Waals surface area contributed by atoms with Gasteiger partial charge in [0.15, 0.2) is 11.5 Å². The first kappa shape index (κ1) is 22.1. The minimum Gasteiger partial charge on any atom is -0.507 e. The number of benzene rings is 1. The van der Waals surface area contributed by atoms with Gasteiger partial charge in [0.05, 0.1) is 0 Å². The van der Waals surface area contributed by atoms with Crippen LogP contribution in [0.15, 0.2) is 41.7 Å². The Balaban J connectivity index is 2.06. The Hall–Kier alpha value is -3.63. The summed E-state index contributed by atoms with van der Waals surface area (Å²) in [5, 5.41) is 50.6. The van der Waals surface area contributed by atoms with E-state index in [9.17, 15) is 39.9 Å². The van der Waals surface area contributed by atoms with E-state index in [0.29, 0.717) is 6.07 Å². The van der Waals surface area contributed by atoms with Crippen molar-refractivity contribution in [1.29, 1.82) is 0 Å². The predicted molar refractivity (Wildman–Crippen MR) is 103 cm³/mol. The molecule has 1 aliphatic carbocycles. The number of aromatic hydroxyl groups is 3. The molecule has 0 spiro atoms. The van der Waals surface area contributed by atoms with Gasteiger partial charge in [-0.3, -0.25) is 9.59 Å². The second kappa shape index (κ2) is 7.25. The number of phenolic OH excluding ortho intramolecular Hbond substituents is 3. The van der Waals surface area contributed by atoms with Crippen molar-refractivity contribution in [2.45, 2.75) is 38.3 Å². The van der Waals surface area contributed by atoms with Crippen LogP contribution in [0.1, 0.15) is 29.8 Å². The summed E-state index contributed by atoms with van der Waals surface area (Å²) < 4.78 is 10.2. The number of carbonyl (C=O) groups is 3. The summed E-state index contributed by atoms with van der Waals surface area (Å²) in [4.78, 5) is 38.6. The summed E-state index contributed by atoms with van der Waals surface area (Å²) in [6, 6.07) is 0.684. The standard InChI is InChI=1S/C21H20O10/c1-4-5-11-6-10-7-14(24)20(3,18(27)21(10,29)19(28)30-11)31-17(26)15-9(2)16(25)13(23)8-12(15)22/h4-8,19,22-23,25,28-29H,1-3H3/b5-4+/t19-,20+,21+/m0/s1. The zero-order valence-electron chi connectivity index (χ0n) is 16.7. The van der Waals surface area contributed by atoms with Crippen molar-refractivity contribution < 1.29 is 49.4 Å². The predicted octanol–water partition coefficient (Wildman–Crippen LogP) is 0.645. The second-order valence-electron chi connectivity index (χ2n) is 7.26. The average Bonchev–Trinajstić information content (AvgIpc) is 2.68. The summed E-state index contributed by atoms with van der Waals surface area (Å²) in [5.74, 6) is -5.84. The van der Waals surface area contributed by atoms with E-state index in [-0.39, 0.29) is 16.9 Å². The maximum atomic E-state index is 13.1. The lowest BCUT2D eigenvalue weighted by Gasteiger charge is -2.43. The van der Waals surface area contributed by atoms with Crippen molar-refractivity contribution in [1.82, 2.24) is 0 Å². The maximum absolute atomic E-state index is 13.1. The molecule has 3 atom stereocenters. The minimum atomic E-state index is -2.71. The van der Waals surface area contributed by atoms with Crippen molar-refractivity contribution in [2.75, 3.05) is 0 Å². The highest BCUT2D eigenvalue weighted by atomic mass is 16.6. The number of allylic oxidation sites excluding steroid dienone is 2. The molecule has 0 radical (unpaired) electrons. The lowest BCUT2D eigenvalue weighted by atomic mass is 9.72. The Morgan fingerprint density at radius 1 is 1.19 bits per heavy atom.